The van der Waals surface area contributed by atoms with Crippen molar-refractivity contribution in [3.63, 3.8) is 0 Å². The molecule has 5 heteroatoms. The molecule has 0 saturated carbocycles. The minimum atomic E-state index is -0.101. The number of Topliss-reactive ketones (excluding diaryl/α,β-unsaturated/α-hetero) is 1. The first kappa shape index (κ1) is 16.5. The summed E-state index contributed by atoms with van der Waals surface area (Å²) in [6, 6.07) is 20.9. The summed E-state index contributed by atoms with van der Waals surface area (Å²) < 4.78 is 1.50. The van der Waals surface area contributed by atoms with Gasteiger partial charge in [0.05, 0.1) is 16.7 Å². The molecule has 26 heavy (non-hydrogen) atoms. The van der Waals surface area contributed by atoms with Gasteiger partial charge in [-0.2, -0.15) is 0 Å². The smallest absolute Gasteiger partial charge is 0.261 e. The number of rotatable bonds is 4. The van der Waals surface area contributed by atoms with Gasteiger partial charge in [-0.1, -0.05) is 60.3 Å². The molecule has 0 aliphatic carbocycles. The third-order valence-electron chi connectivity index (χ3n) is 4.35. The number of hydrogen-bond donors (Lipinski definition) is 0. The maximum Gasteiger partial charge on any atom is 0.261 e. The number of fused-ring (bicyclic) bond motifs is 2. The molecular weight excluding hydrogens is 344 g/mol. The zero-order chi connectivity index (χ0) is 18.1. The van der Waals surface area contributed by atoms with Gasteiger partial charge < -0.3 is 0 Å². The fraction of sp³-hybridized carbons (Fsp3) is 0.0952. The monoisotopic (exact) mass is 360 g/mol. The highest BCUT2D eigenvalue weighted by atomic mass is 32.2. The molecule has 0 spiro atoms. The Morgan fingerprint density at radius 3 is 2.58 bits per heavy atom. The summed E-state index contributed by atoms with van der Waals surface area (Å²) in [5.41, 5.74) is 1.22. The highest BCUT2D eigenvalue weighted by Gasteiger charge is 2.12. The minimum Gasteiger partial charge on any atom is -0.293 e. The first-order chi connectivity index (χ1) is 12.6. The molecule has 1 heterocycles. The second kappa shape index (κ2) is 6.77. The first-order valence-corrected chi connectivity index (χ1v) is 9.22. The Morgan fingerprint density at radius 1 is 1.00 bits per heavy atom. The number of para-hydroxylation sites is 1. The predicted octanol–water partition coefficient (Wildman–Crippen LogP) is 4.06. The third-order valence-corrected chi connectivity index (χ3v) is 5.38. The molecule has 1 aromatic heterocycles. The lowest BCUT2D eigenvalue weighted by atomic mass is 10.1. The van der Waals surface area contributed by atoms with E-state index in [1.807, 2.05) is 60.7 Å². The van der Waals surface area contributed by atoms with Crippen LogP contribution in [0.3, 0.4) is 0 Å². The topological polar surface area (TPSA) is 52.0 Å². The van der Waals surface area contributed by atoms with Crippen molar-refractivity contribution in [1.29, 1.82) is 0 Å². The fourth-order valence-corrected chi connectivity index (χ4v) is 3.77. The molecule has 128 valence electrons. The molecule has 0 fully saturated rings. The lowest BCUT2D eigenvalue weighted by Gasteiger charge is -2.08. The normalized spacial score (nSPS) is 11.1. The molecule has 0 atom stereocenters. The Kier molecular flexibility index (Phi) is 4.31. The summed E-state index contributed by atoms with van der Waals surface area (Å²) in [5, 5.41) is 3.28. The fourth-order valence-electron chi connectivity index (χ4n) is 2.90. The Balaban J connectivity index is 1.60. The number of benzene rings is 3. The van der Waals surface area contributed by atoms with Crippen LogP contribution < -0.4 is 5.56 Å². The summed E-state index contributed by atoms with van der Waals surface area (Å²) in [7, 11) is 1.69. The molecule has 0 radical (unpaired) electrons. The molecule has 0 aliphatic heterocycles. The third kappa shape index (κ3) is 3.02. The van der Waals surface area contributed by atoms with Crippen molar-refractivity contribution < 1.29 is 4.79 Å². The van der Waals surface area contributed by atoms with E-state index in [9.17, 15) is 9.59 Å². The molecule has 0 N–H and O–H groups in total. The quantitative estimate of drug-likeness (QED) is 0.313. The van der Waals surface area contributed by atoms with Crippen LogP contribution in [0.4, 0.5) is 0 Å². The van der Waals surface area contributed by atoms with E-state index in [0.29, 0.717) is 21.6 Å². The summed E-state index contributed by atoms with van der Waals surface area (Å²) >= 11 is 1.29. The van der Waals surface area contributed by atoms with Crippen molar-refractivity contribution >= 4 is 39.2 Å². The van der Waals surface area contributed by atoms with E-state index in [1.165, 1.54) is 16.3 Å². The summed E-state index contributed by atoms with van der Waals surface area (Å²) in [5.74, 6) is 0.250. The highest BCUT2D eigenvalue weighted by Crippen LogP contribution is 2.20. The van der Waals surface area contributed by atoms with Crippen LogP contribution in [0.2, 0.25) is 0 Å². The Hall–Kier alpha value is -2.92. The van der Waals surface area contributed by atoms with Gasteiger partial charge in [-0.25, -0.2) is 4.98 Å². The zero-order valence-corrected chi connectivity index (χ0v) is 15.0. The standard InChI is InChI=1S/C21H16N2O2S/c1-23-20(25)17-8-4-5-9-18(17)22-21(23)26-13-19(24)16-11-10-14-6-2-3-7-15(14)12-16/h2-12H,13H2,1H3. The van der Waals surface area contributed by atoms with Crippen LogP contribution in [0.15, 0.2) is 76.7 Å². The summed E-state index contributed by atoms with van der Waals surface area (Å²) in [4.78, 5) is 29.5. The van der Waals surface area contributed by atoms with Gasteiger partial charge in [0, 0.05) is 12.6 Å². The second-order valence-electron chi connectivity index (χ2n) is 6.05. The molecule has 4 aromatic rings. The average Bonchev–Trinajstić information content (AvgIpc) is 2.69. The van der Waals surface area contributed by atoms with E-state index in [1.54, 1.807) is 13.1 Å². The molecular formula is C21H16N2O2S. The van der Waals surface area contributed by atoms with Gasteiger partial charge in [0.25, 0.3) is 5.56 Å². The molecule has 0 unspecified atom stereocenters. The van der Waals surface area contributed by atoms with Crippen molar-refractivity contribution in [3.05, 3.63) is 82.6 Å². The average molecular weight is 360 g/mol. The van der Waals surface area contributed by atoms with Crippen molar-refractivity contribution in [2.75, 3.05) is 5.75 Å². The molecule has 4 nitrogen and oxygen atoms in total. The largest absolute Gasteiger partial charge is 0.293 e. The van der Waals surface area contributed by atoms with Crippen molar-refractivity contribution in [2.24, 2.45) is 7.05 Å². The van der Waals surface area contributed by atoms with Crippen LogP contribution in [0, 0.1) is 0 Å². The molecule has 3 aromatic carbocycles. The summed E-state index contributed by atoms with van der Waals surface area (Å²) in [6.07, 6.45) is 0. The van der Waals surface area contributed by atoms with Gasteiger partial charge in [-0.05, 0) is 29.0 Å². The van der Waals surface area contributed by atoms with Crippen LogP contribution in [0.25, 0.3) is 21.7 Å². The molecule has 0 bridgehead atoms. The number of hydrogen-bond acceptors (Lipinski definition) is 4. The molecule has 4 rings (SSSR count). The Labute approximate surface area is 154 Å². The van der Waals surface area contributed by atoms with Crippen LogP contribution >= 0.6 is 11.8 Å². The minimum absolute atomic E-state index is 0.0168. The van der Waals surface area contributed by atoms with Gasteiger partial charge in [-0.3, -0.25) is 14.2 Å². The van der Waals surface area contributed by atoms with Crippen LogP contribution in [0.5, 0.6) is 0 Å². The van der Waals surface area contributed by atoms with Gasteiger partial charge >= 0.3 is 0 Å². The molecule has 0 aliphatic rings. The Morgan fingerprint density at radius 2 is 1.73 bits per heavy atom. The molecule has 0 saturated heterocycles. The van der Waals surface area contributed by atoms with E-state index in [4.69, 9.17) is 0 Å². The number of thioether (sulfide) groups is 1. The van der Waals surface area contributed by atoms with Crippen LogP contribution in [0.1, 0.15) is 10.4 Å². The van der Waals surface area contributed by atoms with E-state index in [2.05, 4.69) is 4.98 Å². The van der Waals surface area contributed by atoms with E-state index in [-0.39, 0.29) is 17.1 Å². The van der Waals surface area contributed by atoms with Crippen LogP contribution in [-0.2, 0) is 7.05 Å². The number of nitrogens with zero attached hydrogens (tertiary/aromatic N) is 2. The van der Waals surface area contributed by atoms with Crippen molar-refractivity contribution in [2.45, 2.75) is 5.16 Å². The number of carbonyl (C=O) groups excluding carboxylic acids is 1. The number of ketones is 1. The highest BCUT2D eigenvalue weighted by molar-refractivity contribution is 7.99. The Bertz CT molecular complexity index is 1200. The zero-order valence-electron chi connectivity index (χ0n) is 14.2. The van der Waals surface area contributed by atoms with Gasteiger partial charge in [0.1, 0.15) is 0 Å². The van der Waals surface area contributed by atoms with Crippen LogP contribution in [-0.4, -0.2) is 21.1 Å². The lowest BCUT2D eigenvalue weighted by Crippen LogP contribution is -2.20. The van der Waals surface area contributed by atoms with E-state index < -0.39 is 0 Å². The van der Waals surface area contributed by atoms with Gasteiger partial charge in [-0.15, -0.1) is 0 Å². The van der Waals surface area contributed by atoms with Crippen molar-refractivity contribution in [1.82, 2.24) is 9.55 Å². The molecule has 0 amide bonds. The van der Waals surface area contributed by atoms with Gasteiger partial charge in [0.15, 0.2) is 10.9 Å². The van der Waals surface area contributed by atoms with E-state index >= 15 is 0 Å². The van der Waals surface area contributed by atoms with E-state index in [0.717, 1.165) is 10.8 Å². The number of aromatic nitrogens is 2. The summed E-state index contributed by atoms with van der Waals surface area (Å²) in [6.45, 7) is 0. The SMILES string of the molecule is Cn1c(SCC(=O)c2ccc3ccccc3c2)nc2ccccc2c1=O. The second-order valence-corrected chi connectivity index (χ2v) is 6.99. The lowest BCUT2D eigenvalue weighted by molar-refractivity contribution is 0.102. The first-order valence-electron chi connectivity index (χ1n) is 8.24. The number of carbonyl (C=O) groups is 1. The maximum absolute atomic E-state index is 12.6. The predicted molar refractivity (Wildman–Crippen MR) is 106 cm³/mol. The van der Waals surface area contributed by atoms with Crippen molar-refractivity contribution in [3.8, 4) is 0 Å². The van der Waals surface area contributed by atoms with Gasteiger partial charge in [0.2, 0.25) is 0 Å². The maximum atomic E-state index is 12.6.